The van der Waals surface area contributed by atoms with Gasteiger partial charge in [0.05, 0.1) is 27.2 Å². The monoisotopic (exact) mass is 424 g/mol. The number of amides is 2. The highest BCUT2D eigenvalue weighted by atomic mass is 16.5. The fraction of sp³-hybridized carbons (Fsp3) is 0.333. The molecule has 3 rings (SSSR count). The van der Waals surface area contributed by atoms with Crippen LogP contribution >= 0.6 is 0 Å². The number of nitrogens with one attached hydrogen (secondary N) is 1. The molecule has 2 amide bonds. The zero-order valence-corrected chi connectivity index (χ0v) is 18.1. The van der Waals surface area contributed by atoms with Crippen molar-refractivity contribution < 1.29 is 23.8 Å². The summed E-state index contributed by atoms with van der Waals surface area (Å²) in [5.41, 5.74) is 1.51. The minimum absolute atomic E-state index is 0.0580. The van der Waals surface area contributed by atoms with E-state index < -0.39 is 0 Å². The van der Waals surface area contributed by atoms with Crippen LogP contribution in [0.4, 0.5) is 5.69 Å². The highest BCUT2D eigenvalue weighted by Gasteiger charge is 2.27. The number of para-hydroxylation sites is 1. The van der Waals surface area contributed by atoms with Crippen LogP contribution in [-0.2, 0) is 9.59 Å². The Morgan fingerprint density at radius 3 is 2.32 bits per heavy atom. The molecule has 1 aliphatic rings. The molecule has 1 atom stereocenters. The van der Waals surface area contributed by atoms with Crippen LogP contribution in [0.15, 0.2) is 48.5 Å². The van der Waals surface area contributed by atoms with Gasteiger partial charge in [0.2, 0.25) is 17.6 Å². The molecular weight excluding hydrogens is 396 g/mol. The summed E-state index contributed by atoms with van der Waals surface area (Å²) in [5, 5.41) is 2.93. The second-order valence-corrected chi connectivity index (χ2v) is 7.27. The number of carbonyl (C=O) groups is 2. The van der Waals surface area contributed by atoms with Crippen molar-refractivity contribution in [2.45, 2.75) is 12.8 Å². The lowest BCUT2D eigenvalue weighted by atomic mass is 9.97. The summed E-state index contributed by atoms with van der Waals surface area (Å²) in [6, 6.07) is 12.9. The topological polar surface area (TPSA) is 77.1 Å². The fourth-order valence-electron chi connectivity index (χ4n) is 3.63. The van der Waals surface area contributed by atoms with Crippen LogP contribution in [0.5, 0.6) is 17.2 Å². The average molecular weight is 424 g/mol. The van der Waals surface area contributed by atoms with Crippen LogP contribution < -0.4 is 19.5 Å². The molecular formula is C24H28N2O5. The first-order chi connectivity index (χ1) is 15.0. The predicted octanol–water partition coefficient (Wildman–Crippen LogP) is 3.60. The molecule has 0 aromatic heterocycles. The molecule has 31 heavy (non-hydrogen) atoms. The van der Waals surface area contributed by atoms with Gasteiger partial charge < -0.3 is 24.4 Å². The Bertz CT molecular complexity index is 917. The number of nitrogens with zero attached hydrogens (tertiary/aromatic N) is 1. The number of carbonyl (C=O) groups excluding carboxylic acids is 2. The molecule has 0 aliphatic carbocycles. The molecule has 1 saturated heterocycles. The Labute approximate surface area is 182 Å². The number of anilines is 1. The third-order valence-corrected chi connectivity index (χ3v) is 5.25. The first kappa shape index (κ1) is 22.2. The quantitative estimate of drug-likeness (QED) is 0.687. The van der Waals surface area contributed by atoms with Crippen molar-refractivity contribution in [3.63, 3.8) is 0 Å². The number of hydrogen-bond acceptors (Lipinski definition) is 5. The molecule has 1 heterocycles. The average Bonchev–Trinajstić information content (AvgIpc) is 2.82. The molecule has 0 spiro atoms. The number of likely N-dealkylation sites (tertiary alicyclic amines) is 1. The van der Waals surface area contributed by atoms with Crippen LogP contribution in [-0.4, -0.2) is 51.1 Å². The van der Waals surface area contributed by atoms with Crippen molar-refractivity contribution in [3.8, 4) is 17.2 Å². The van der Waals surface area contributed by atoms with Crippen LogP contribution in [0, 0.1) is 5.92 Å². The third kappa shape index (κ3) is 5.57. The van der Waals surface area contributed by atoms with Crippen molar-refractivity contribution in [1.29, 1.82) is 0 Å². The number of methoxy groups -OCH3 is 3. The third-order valence-electron chi connectivity index (χ3n) is 5.25. The molecule has 7 nitrogen and oxygen atoms in total. The summed E-state index contributed by atoms with van der Waals surface area (Å²) in [6.45, 7) is 1.03. The van der Waals surface area contributed by atoms with Crippen molar-refractivity contribution in [2.24, 2.45) is 5.92 Å². The lowest BCUT2D eigenvalue weighted by Crippen LogP contribution is -2.43. The van der Waals surface area contributed by atoms with Gasteiger partial charge in [-0.15, -0.1) is 0 Å². The molecule has 0 radical (unpaired) electrons. The summed E-state index contributed by atoms with van der Waals surface area (Å²) in [6.07, 6.45) is 4.77. The van der Waals surface area contributed by atoms with Crippen molar-refractivity contribution >= 4 is 23.6 Å². The second kappa shape index (κ2) is 10.5. The molecule has 2 aromatic carbocycles. The van der Waals surface area contributed by atoms with Gasteiger partial charge in [-0.1, -0.05) is 18.2 Å². The Morgan fingerprint density at radius 1 is 1.03 bits per heavy atom. The first-order valence-electron chi connectivity index (χ1n) is 10.2. The van der Waals surface area contributed by atoms with Crippen molar-refractivity contribution in [2.75, 3.05) is 39.7 Å². The summed E-state index contributed by atoms with van der Waals surface area (Å²) < 4.78 is 16.0. The van der Waals surface area contributed by atoms with Crippen LogP contribution in [0.1, 0.15) is 18.4 Å². The maximum Gasteiger partial charge on any atom is 0.246 e. The largest absolute Gasteiger partial charge is 0.493 e. The molecule has 1 N–H and O–H groups in total. The van der Waals surface area contributed by atoms with Gasteiger partial charge in [0.1, 0.15) is 0 Å². The van der Waals surface area contributed by atoms with Crippen LogP contribution in [0.3, 0.4) is 0 Å². The Kier molecular flexibility index (Phi) is 7.54. The predicted molar refractivity (Wildman–Crippen MR) is 120 cm³/mol. The van der Waals surface area contributed by atoms with E-state index in [1.165, 1.54) is 6.08 Å². The lowest BCUT2D eigenvalue weighted by molar-refractivity contribution is -0.130. The molecule has 1 unspecified atom stereocenters. The van der Waals surface area contributed by atoms with Gasteiger partial charge in [-0.3, -0.25) is 9.59 Å². The van der Waals surface area contributed by atoms with Crippen molar-refractivity contribution in [1.82, 2.24) is 4.90 Å². The number of hydrogen-bond donors (Lipinski definition) is 1. The molecule has 164 valence electrons. The summed E-state index contributed by atoms with van der Waals surface area (Å²) >= 11 is 0. The summed E-state index contributed by atoms with van der Waals surface area (Å²) in [7, 11) is 4.63. The molecule has 1 aliphatic heterocycles. The lowest BCUT2D eigenvalue weighted by Gasteiger charge is -2.31. The Morgan fingerprint density at radius 2 is 1.71 bits per heavy atom. The van der Waals surface area contributed by atoms with E-state index in [1.807, 2.05) is 30.3 Å². The normalized spacial score (nSPS) is 16.1. The number of ether oxygens (including phenoxy) is 3. The number of benzene rings is 2. The van der Waals surface area contributed by atoms with Crippen LogP contribution in [0.2, 0.25) is 0 Å². The SMILES string of the molecule is COc1cc(C=CC(=O)N2CCCC(C(=O)Nc3ccccc3)C2)cc(OC)c1OC. The first-order valence-corrected chi connectivity index (χ1v) is 10.2. The van der Waals surface area contributed by atoms with Gasteiger partial charge in [-0.25, -0.2) is 0 Å². The molecule has 0 saturated carbocycles. The highest BCUT2D eigenvalue weighted by Crippen LogP contribution is 2.38. The number of rotatable bonds is 7. The molecule has 0 bridgehead atoms. The maximum atomic E-state index is 12.8. The molecule has 1 fully saturated rings. The van der Waals surface area contributed by atoms with Gasteiger partial charge in [0.25, 0.3) is 0 Å². The van der Waals surface area contributed by atoms with E-state index in [0.717, 1.165) is 24.1 Å². The van der Waals surface area contributed by atoms with E-state index in [9.17, 15) is 9.59 Å². The van der Waals surface area contributed by atoms with Gasteiger partial charge in [-0.05, 0) is 48.7 Å². The van der Waals surface area contributed by atoms with Crippen LogP contribution in [0.25, 0.3) is 6.08 Å². The van der Waals surface area contributed by atoms with E-state index in [-0.39, 0.29) is 17.7 Å². The molecule has 7 heteroatoms. The van der Waals surface area contributed by atoms with Gasteiger partial charge in [0.15, 0.2) is 11.5 Å². The van der Waals surface area contributed by atoms with Gasteiger partial charge in [-0.2, -0.15) is 0 Å². The van der Waals surface area contributed by atoms with Gasteiger partial charge in [0, 0.05) is 24.9 Å². The molecule has 2 aromatic rings. The maximum absolute atomic E-state index is 12.8. The van der Waals surface area contributed by atoms with E-state index in [0.29, 0.717) is 30.3 Å². The van der Waals surface area contributed by atoms with Crippen molar-refractivity contribution in [3.05, 3.63) is 54.1 Å². The zero-order chi connectivity index (χ0) is 22.2. The smallest absolute Gasteiger partial charge is 0.246 e. The second-order valence-electron chi connectivity index (χ2n) is 7.27. The fourth-order valence-corrected chi connectivity index (χ4v) is 3.63. The Balaban J connectivity index is 1.66. The summed E-state index contributed by atoms with van der Waals surface area (Å²) in [4.78, 5) is 27.1. The number of piperidine rings is 1. The summed E-state index contributed by atoms with van der Waals surface area (Å²) in [5.74, 6) is 1.11. The zero-order valence-electron chi connectivity index (χ0n) is 18.1. The highest BCUT2D eigenvalue weighted by molar-refractivity contribution is 5.95. The minimum Gasteiger partial charge on any atom is -0.493 e. The van der Waals surface area contributed by atoms with E-state index in [1.54, 1.807) is 44.4 Å². The van der Waals surface area contributed by atoms with E-state index in [4.69, 9.17) is 14.2 Å². The van der Waals surface area contributed by atoms with Gasteiger partial charge >= 0.3 is 0 Å². The minimum atomic E-state index is -0.229. The van der Waals surface area contributed by atoms with E-state index in [2.05, 4.69) is 5.32 Å². The standard InChI is InChI=1S/C24H28N2O5/c1-29-20-14-17(15-21(30-2)23(20)31-3)11-12-22(27)26-13-7-8-18(16-26)24(28)25-19-9-5-4-6-10-19/h4-6,9-12,14-15,18H,7-8,13,16H2,1-3H3,(H,25,28). The van der Waals surface area contributed by atoms with E-state index >= 15 is 0 Å². The Hall–Kier alpha value is -3.48.